The Kier molecular flexibility index (Phi) is 6.95. The molecule has 0 spiro atoms. The van der Waals surface area contributed by atoms with Crippen LogP contribution in [0.15, 0.2) is 100 Å². The molecule has 178 valence electrons. The van der Waals surface area contributed by atoms with Crippen molar-refractivity contribution in [3.8, 4) is 22.3 Å². The SMILES string of the molecule is O=C1NC(=S)N(c2ccc(Oc3ccccc3)cc2)C(=O)/C1=C/c1ccsc1Oc1ccc(Br)cc1. The van der Waals surface area contributed by atoms with Gasteiger partial charge < -0.3 is 9.47 Å². The number of thiocarbonyl (C=S) groups is 1. The highest BCUT2D eigenvalue weighted by Gasteiger charge is 2.34. The summed E-state index contributed by atoms with van der Waals surface area (Å²) in [4.78, 5) is 27.4. The first kappa shape index (κ1) is 23.9. The van der Waals surface area contributed by atoms with E-state index in [4.69, 9.17) is 21.7 Å². The Morgan fingerprint density at radius 3 is 2.19 bits per heavy atom. The van der Waals surface area contributed by atoms with Crippen LogP contribution >= 0.6 is 39.5 Å². The number of nitrogens with one attached hydrogen (secondary N) is 1. The second-order valence-corrected chi connectivity index (χ2v) is 9.77. The molecule has 1 saturated heterocycles. The number of anilines is 1. The summed E-state index contributed by atoms with van der Waals surface area (Å²) in [5, 5.41) is 5.01. The van der Waals surface area contributed by atoms with E-state index >= 15 is 0 Å². The third kappa shape index (κ3) is 5.23. The largest absolute Gasteiger partial charge is 0.457 e. The molecule has 1 aromatic heterocycles. The van der Waals surface area contributed by atoms with Crippen LogP contribution in [-0.2, 0) is 9.59 Å². The highest BCUT2D eigenvalue weighted by Crippen LogP contribution is 2.34. The summed E-state index contributed by atoms with van der Waals surface area (Å²) < 4.78 is 12.7. The standard InChI is InChI=1S/C27H17BrN2O4S2/c28-18-6-10-22(11-7-18)34-26-17(14-15-36-26)16-23-24(31)29-27(35)30(25(23)32)19-8-12-21(13-9-19)33-20-4-2-1-3-5-20/h1-16H,(H,29,31,35)/b23-16+. The number of carbonyl (C=O) groups excluding carboxylic acids is 2. The zero-order valence-electron chi connectivity index (χ0n) is 18.5. The lowest BCUT2D eigenvalue weighted by molar-refractivity contribution is -0.122. The fourth-order valence-corrected chi connectivity index (χ4v) is 4.73. The molecule has 0 aliphatic carbocycles. The lowest BCUT2D eigenvalue weighted by Crippen LogP contribution is -2.54. The summed E-state index contributed by atoms with van der Waals surface area (Å²) in [6.45, 7) is 0. The van der Waals surface area contributed by atoms with Gasteiger partial charge >= 0.3 is 0 Å². The molecule has 3 aromatic carbocycles. The van der Waals surface area contributed by atoms with E-state index in [0.29, 0.717) is 33.6 Å². The number of halogens is 1. The number of hydrogen-bond donors (Lipinski definition) is 1. The van der Waals surface area contributed by atoms with Crippen LogP contribution in [-0.4, -0.2) is 16.9 Å². The van der Waals surface area contributed by atoms with Crippen molar-refractivity contribution in [2.24, 2.45) is 0 Å². The second-order valence-electron chi connectivity index (χ2n) is 7.59. The molecule has 5 rings (SSSR count). The summed E-state index contributed by atoms with van der Waals surface area (Å²) in [6.07, 6.45) is 1.52. The third-order valence-electron chi connectivity index (χ3n) is 5.16. The molecule has 0 unspecified atom stereocenters. The molecular formula is C27H17BrN2O4S2. The molecule has 9 heteroatoms. The average Bonchev–Trinajstić information content (AvgIpc) is 3.31. The minimum absolute atomic E-state index is 0.00975. The Bertz CT molecular complexity index is 1470. The number of thiophene rings is 1. The van der Waals surface area contributed by atoms with E-state index in [9.17, 15) is 9.59 Å². The molecule has 0 saturated carbocycles. The number of ether oxygens (including phenoxy) is 2. The van der Waals surface area contributed by atoms with Gasteiger partial charge in [-0.05, 0) is 90.4 Å². The van der Waals surface area contributed by atoms with Crippen LogP contribution in [0.4, 0.5) is 5.69 Å². The van der Waals surface area contributed by atoms with Crippen LogP contribution in [0.1, 0.15) is 5.56 Å². The van der Waals surface area contributed by atoms with Crippen molar-refractivity contribution in [3.05, 3.63) is 106 Å². The van der Waals surface area contributed by atoms with Gasteiger partial charge in [0.1, 0.15) is 22.8 Å². The second kappa shape index (κ2) is 10.4. The summed E-state index contributed by atoms with van der Waals surface area (Å²) in [6, 6.07) is 25.4. The maximum atomic E-state index is 13.4. The quantitative estimate of drug-likeness (QED) is 0.153. The highest BCUT2D eigenvalue weighted by atomic mass is 79.9. The molecule has 6 nitrogen and oxygen atoms in total. The first-order valence-corrected chi connectivity index (χ1v) is 12.8. The normalized spacial score (nSPS) is 14.6. The molecule has 1 aliphatic heterocycles. The van der Waals surface area contributed by atoms with E-state index in [1.54, 1.807) is 30.3 Å². The Hall–Kier alpha value is -3.79. The molecule has 1 N–H and O–H groups in total. The lowest BCUT2D eigenvalue weighted by atomic mass is 10.1. The van der Waals surface area contributed by atoms with Crippen molar-refractivity contribution in [1.82, 2.24) is 5.32 Å². The Morgan fingerprint density at radius 2 is 1.47 bits per heavy atom. The Balaban J connectivity index is 1.39. The van der Waals surface area contributed by atoms with Crippen molar-refractivity contribution in [1.29, 1.82) is 0 Å². The van der Waals surface area contributed by atoms with Crippen LogP contribution < -0.4 is 19.7 Å². The molecule has 1 aliphatic rings. The highest BCUT2D eigenvalue weighted by molar-refractivity contribution is 9.10. The number of para-hydroxylation sites is 1. The minimum Gasteiger partial charge on any atom is -0.457 e. The summed E-state index contributed by atoms with van der Waals surface area (Å²) in [7, 11) is 0. The molecule has 2 amide bonds. The average molecular weight is 577 g/mol. The fourth-order valence-electron chi connectivity index (χ4n) is 3.44. The van der Waals surface area contributed by atoms with E-state index in [1.807, 2.05) is 60.0 Å². The zero-order valence-corrected chi connectivity index (χ0v) is 21.7. The Labute approximate surface area is 224 Å². The van der Waals surface area contributed by atoms with Crippen molar-refractivity contribution in [3.63, 3.8) is 0 Å². The van der Waals surface area contributed by atoms with Gasteiger partial charge in [-0.15, -0.1) is 11.3 Å². The first-order valence-electron chi connectivity index (χ1n) is 10.7. The third-order valence-corrected chi connectivity index (χ3v) is 6.78. The molecule has 0 bridgehead atoms. The lowest BCUT2D eigenvalue weighted by Gasteiger charge is -2.29. The number of nitrogens with zero attached hydrogens (tertiary/aromatic N) is 1. The number of amides is 2. The Morgan fingerprint density at radius 1 is 0.833 bits per heavy atom. The number of benzene rings is 3. The van der Waals surface area contributed by atoms with E-state index in [2.05, 4.69) is 21.2 Å². The fraction of sp³-hybridized carbons (Fsp3) is 0. The number of carbonyl (C=O) groups is 2. The van der Waals surface area contributed by atoms with Gasteiger partial charge in [0.15, 0.2) is 10.2 Å². The molecule has 4 aromatic rings. The maximum Gasteiger partial charge on any atom is 0.270 e. The molecule has 2 heterocycles. The summed E-state index contributed by atoms with van der Waals surface area (Å²) in [5.41, 5.74) is 1.07. The van der Waals surface area contributed by atoms with Crippen molar-refractivity contribution >= 4 is 68.2 Å². The molecule has 36 heavy (non-hydrogen) atoms. The summed E-state index contributed by atoms with van der Waals surface area (Å²) >= 11 is 10.1. The summed E-state index contributed by atoms with van der Waals surface area (Å²) in [5.74, 6) is 0.852. The van der Waals surface area contributed by atoms with E-state index in [-0.39, 0.29) is 10.7 Å². The maximum absolute atomic E-state index is 13.4. The van der Waals surface area contributed by atoms with E-state index in [1.165, 1.54) is 22.3 Å². The molecule has 0 radical (unpaired) electrons. The van der Waals surface area contributed by atoms with Gasteiger partial charge in [-0.2, -0.15) is 0 Å². The first-order chi connectivity index (χ1) is 17.5. The van der Waals surface area contributed by atoms with Crippen LogP contribution in [0, 0.1) is 0 Å². The molecular weight excluding hydrogens is 560 g/mol. The minimum atomic E-state index is -0.564. The molecule has 0 atom stereocenters. The topological polar surface area (TPSA) is 67.9 Å². The van der Waals surface area contributed by atoms with Gasteiger partial charge in [-0.3, -0.25) is 19.8 Å². The van der Waals surface area contributed by atoms with Gasteiger partial charge in [0.25, 0.3) is 11.8 Å². The number of rotatable bonds is 6. The predicted molar refractivity (Wildman–Crippen MR) is 148 cm³/mol. The van der Waals surface area contributed by atoms with Crippen molar-refractivity contribution < 1.29 is 19.1 Å². The van der Waals surface area contributed by atoms with Crippen LogP contribution in [0.3, 0.4) is 0 Å². The zero-order chi connectivity index (χ0) is 25.1. The van der Waals surface area contributed by atoms with Gasteiger partial charge in [0.2, 0.25) is 0 Å². The predicted octanol–water partition coefficient (Wildman–Crippen LogP) is 6.93. The van der Waals surface area contributed by atoms with Crippen molar-refractivity contribution in [2.75, 3.05) is 4.90 Å². The van der Waals surface area contributed by atoms with Gasteiger partial charge in [-0.1, -0.05) is 34.1 Å². The van der Waals surface area contributed by atoms with Crippen LogP contribution in [0.25, 0.3) is 6.08 Å². The van der Waals surface area contributed by atoms with E-state index in [0.717, 1.165) is 4.47 Å². The van der Waals surface area contributed by atoms with Gasteiger partial charge in [-0.25, -0.2) is 0 Å². The monoisotopic (exact) mass is 576 g/mol. The molecule has 1 fully saturated rings. The smallest absolute Gasteiger partial charge is 0.270 e. The van der Waals surface area contributed by atoms with Crippen LogP contribution in [0.5, 0.6) is 22.3 Å². The van der Waals surface area contributed by atoms with Gasteiger partial charge in [0, 0.05) is 10.0 Å². The van der Waals surface area contributed by atoms with Crippen molar-refractivity contribution in [2.45, 2.75) is 0 Å². The van der Waals surface area contributed by atoms with Gasteiger partial charge in [0.05, 0.1) is 5.69 Å². The van der Waals surface area contributed by atoms with Crippen LogP contribution in [0.2, 0.25) is 0 Å². The van der Waals surface area contributed by atoms with E-state index < -0.39 is 11.8 Å². The number of hydrogen-bond acceptors (Lipinski definition) is 6.